The van der Waals surface area contributed by atoms with Crippen LogP contribution in [-0.2, 0) is 29.9 Å². The van der Waals surface area contributed by atoms with Crippen LogP contribution in [0.5, 0.6) is 0 Å². The third kappa shape index (κ3) is 5.13. The standard InChI is InChI=1S/C14H13F3N4O6S3/c1-10-2-6-13(7-3-10)29(24,25)19-28(18,20-30(26,27)14(15,16)17)12-8-4-11(5-9-12)21(22)23/h2-9H,1H3,(H2,18,19,20). The molecule has 2 aromatic carbocycles. The maximum absolute atomic E-state index is 12.8. The summed E-state index contributed by atoms with van der Waals surface area (Å²) < 4.78 is 99.1. The van der Waals surface area contributed by atoms with Crippen molar-refractivity contribution in [3.8, 4) is 0 Å². The van der Waals surface area contributed by atoms with Crippen LogP contribution in [-0.4, -0.2) is 27.3 Å². The van der Waals surface area contributed by atoms with Gasteiger partial charge >= 0.3 is 15.5 Å². The topological polar surface area (TPSA) is 160 Å². The Bertz CT molecular complexity index is 1300. The molecule has 0 saturated carbocycles. The average molecular weight is 486 g/mol. The first-order valence-electron chi connectivity index (χ1n) is 7.55. The van der Waals surface area contributed by atoms with Gasteiger partial charge in [-0.3, -0.25) is 14.9 Å². The zero-order chi connectivity index (χ0) is 23.0. The van der Waals surface area contributed by atoms with Gasteiger partial charge in [-0.05, 0) is 31.2 Å². The number of hydrogen-bond donors (Lipinski definition) is 2. The molecule has 0 amide bonds. The Morgan fingerprint density at radius 1 is 0.967 bits per heavy atom. The van der Waals surface area contributed by atoms with E-state index >= 15 is 0 Å². The molecule has 0 bridgehead atoms. The Kier molecular flexibility index (Phi) is 6.27. The normalized spacial score (nSPS) is 14.7. The molecule has 30 heavy (non-hydrogen) atoms. The average Bonchev–Trinajstić information content (AvgIpc) is 2.60. The van der Waals surface area contributed by atoms with E-state index in [1.807, 2.05) is 0 Å². The summed E-state index contributed by atoms with van der Waals surface area (Å²) in [4.78, 5) is 8.85. The molecule has 0 saturated heterocycles. The number of nitrogens with zero attached hydrogens (tertiary/aromatic N) is 2. The van der Waals surface area contributed by atoms with Crippen molar-refractivity contribution in [3.63, 3.8) is 0 Å². The summed E-state index contributed by atoms with van der Waals surface area (Å²) in [5, 5.41) is 10.7. The Labute approximate surface area is 169 Å². The van der Waals surface area contributed by atoms with E-state index in [4.69, 9.17) is 4.78 Å². The fourth-order valence-electron chi connectivity index (χ4n) is 1.98. The molecule has 0 aliphatic heterocycles. The molecular weight excluding hydrogens is 473 g/mol. The molecule has 0 aliphatic rings. The number of nitro groups is 1. The minimum absolute atomic E-state index is 0.446. The summed E-state index contributed by atoms with van der Waals surface area (Å²) in [5.74, 6) is 0. The van der Waals surface area contributed by atoms with Crippen LogP contribution in [0.2, 0.25) is 0 Å². The molecule has 16 heteroatoms. The largest absolute Gasteiger partial charge is 0.519 e. The number of non-ortho nitro benzene ring substituents is 1. The summed E-state index contributed by atoms with van der Waals surface area (Å²) in [6.45, 7) is 1.64. The molecule has 1 atom stereocenters. The molecule has 1 unspecified atom stereocenters. The van der Waals surface area contributed by atoms with E-state index < -0.39 is 55.8 Å². The van der Waals surface area contributed by atoms with E-state index in [2.05, 4.69) is 3.77 Å². The lowest BCUT2D eigenvalue weighted by atomic mass is 10.2. The molecule has 0 heterocycles. The first-order valence-corrected chi connectivity index (χ1v) is 12.1. The lowest BCUT2D eigenvalue weighted by molar-refractivity contribution is -0.384. The summed E-state index contributed by atoms with van der Waals surface area (Å²) in [7, 11) is -15.5. The number of nitrogens with one attached hydrogen (secondary N) is 2. The van der Waals surface area contributed by atoms with Crippen molar-refractivity contribution in [1.29, 1.82) is 4.78 Å². The molecule has 2 aromatic rings. The molecule has 10 nitrogen and oxygen atoms in total. The van der Waals surface area contributed by atoms with Gasteiger partial charge in [-0.1, -0.05) is 17.7 Å². The van der Waals surface area contributed by atoms with Crippen LogP contribution in [0.4, 0.5) is 18.9 Å². The highest BCUT2D eigenvalue weighted by Crippen LogP contribution is 2.29. The van der Waals surface area contributed by atoms with Crippen LogP contribution in [0.15, 0.2) is 62.1 Å². The number of aryl methyl sites for hydroxylation is 1. The number of halogens is 3. The number of rotatable bonds is 6. The summed E-state index contributed by atoms with van der Waals surface area (Å²) >= 11 is 0. The van der Waals surface area contributed by atoms with Gasteiger partial charge in [-0.25, -0.2) is 8.42 Å². The highest BCUT2D eigenvalue weighted by atomic mass is 32.3. The Hall–Kier alpha value is -2.56. The molecule has 0 aromatic heterocycles. The van der Waals surface area contributed by atoms with Gasteiger partial charge in [0, 0.05) is 17.0 Å². The van der Waals surface area contributed by atoms with Crippen LogP contribution in [0, 0.1) is 21.8 Å². The Morgan fingerprint density at radius 3 is 1.87 bits per heavy atom. The Balaban J connectivity index is 2.72. The van der Waals surface area contributed by atoms with Crippen molar-refractivity contribution >= 4 is 35.5 Å². The van der Waals surface area contributed by atoms with E-state index in [0.29, 0.717) is 5.56 Å². The third-order valence-corrected chi connectivity index (χ3v) is 9.41. The second-order valence-electron chi connectivity index (χ2n) is 5.73. The minimum atomic E-state index is -6.28. The maximum atomic E-state index is 12.8. The van der Waals surface area contributed by atoms with Gasteiger partial charge in [-0.2, -0.15) is 21.6 Å². The molecule has 2 rings (SSSR count). The molecule has 0 fully saturated rings. The number of benzene rings is 2. The second-order valence-corrected chi connectivity index (χ2v) is 11.5. The van der Waals surface area contributed by atoms with Gasteiger partial charge < -0.3 is 0 Å². The lowest BCUT2D eigenvalue weighted by Gasteiger charge is -2.16. The van der Waals surface area contributed by atoms with Crippen molar-refractivity contribution in [2.45, 2.75) is 22.2 Å². The van der Waals surface area contributed by atoms with Crippen molar-refractivity contribution in [2.75, 3.05) is 0 Å². The van der Waals surface area contributed by atoms with Crippen molar-refractivity contribution in [2.24, 2.45) is 3.77 Å². The SMILES string of the molecule is Cc1ccc(S(=O)(=O)NS(=N)(=NS(=O)(=O)C(F)(F)F)c2ccc([N+](=O)[O-])cc2)cc1. The van der Waals surface area contributed by atoms with E-state index in [-0.39, 0.29) is 0 Å². The van der Waals surface area contributed by atoms with Crippen molar-refractivity contribution < 1.29 is 34.9 Å². The van der Waals surface area contributed by atoms with E-state index in [9.17, 15) is 40.1 Å². The molecule has 2 N–H and O–H groups in total. The summed E-state index contributed by atoms with van der Waals surface area (Å²) in [5.41, 5.74) is -5.73. The number of sulfonamides is 2. The predicted octanol–water partition coefficient (Wildman–Crippen LogP) is 3.11. The van der Waals surface area contributed by atoms with Gasteiger partial charge in [0.15, 0.2) is 0 Å². The quantitative estimate of drug-likeness (QED) is 0.471. The summed E-state index contributed by atoms with van der Waals surface area (Å²) in [6, 6.07) is 8.04. The monoisotopic (exact) mass is 486 g/mol. The number of nitro benzene ring substituents is 1. The van der Waals surface area contributed by atoms with Gasteiger partial charge in [0.05, 0.1) is 19.6 Å². The fourth-order valence-corrected chi connectivity index (χ4v) is 7.30. The predicted molar refractivity (Wildman–Crippen MR) is 100 cm³/mol. The zero-order valence-electron chi connectivity index (χ0n) is 14.8. The summed E-state index contributed by atoms with van der Waals surface area (Å²) in [6.07, 6.45) is 0. The molecule has 0 spiro atoms. The highest BCUT2D eigenvalue weighted by Gasteiger charge is 2.47. The fraction of sp³-hybridized carbons (Fsp3) is 0.143. The van der Waals surface area contributed by atoms with E-state index in [1.165, 1.54) is 12.1 Å². The molecular formula is C14H13F3N4O6S3. The molecule has 0 radical (unpaired) electrons. The minimum Gasteiger partial charge on any atom is -0.258 e. The first kappa shape index (κ1) is 23.7. The zero-order valence-corrected chi connectivity index (χ0v) is 17.3. The Morgan fingerprint density at radius 2 is 1.43 bits per heavy atom. The molecule has 0 aliphatic carbocycles. The number of alkyl halides is 3. The van der Waals surface area contributed by atoms with Crippen LogP contribution < -0.4 is 4.13 Å². The van der Waals surface area contributed by atoms with Crippen LogP contribution in [0.25, 0.3) is 0 Å². The maximum Gasteiger partial charge on any atom is 0.519 e. The van der Waals surface area contributed by atoms with Gasteiger partial charge in [0.1, 0.15) is 0 Å². The molecule has 164 valence electrons. The highest BCUT2D eigenvalue weighted by molar-refractivity contribution is 8.10. The van der Waals surface area contributed by atoms with Crippen molar-refractivity contribution in [1.82, 2.24) is 4.13 Å². The number of hydrogen-bond acceptors (Lipinski definition) is 7. The van der Waals surface area contributed by atoms with Gasteiger partial charge in [-0.15, -0.1) is 7.90 Å². The third-order valence-electron chi connectivity index (χ3n) is 3.45. The first-order chi connectivity index (χ1) is 13.6. The van der Waals surface area contributed by atoms with Gasteiger partial charge in [0.2, 0.25) is 0 Å². The lowest BCUT2D eigenvalue weighted by Crippen LogP contribution is -2.32. The van der Waals surface area contributed by atoms with Gasteiger partial charge in [0.25, 0.3) is 15.7 Å². The van der Waals surface area contributed by atoms with Crippen LogP contribution in [0.1, 0.15) is 5.56 Å². The van der Waals surface area contributed by atoms with Crippen molar-refractivity contribution in [3.05, 3.63) is 64.2 Å². The van der Waals surface area contributed by atoms with Crippen LogP contribution >= 0.6 is 0 Å². The van der Waals surface area contributed by atoms with E-state index in [1.54, 1.807) is 11.1 Å². The van der Waals surface area contributed by atoms with Crippen LogP contribution in [0.3, 0.4) is 0 Å². The smallest absolute Gasteiger partial charge is 0.258 e. The second kappa shape index (κ2) is 7.93. The van der Waals surface area contributed by atoms with E-state index in [0.717, 1.165) is 36.4 Å².